The maximum atomic E-state index is 11.1. The van der Waals surface area contributed by atoms with Crippen LogP contribution in [0.15, 0.2) is 17.2 Å². The van der Waals surface area contributed by atoms with Crippen LogP contribution in [-0.4, -0.2) is 30.3 Å². The van der Waals surface area contributed by atoms with Crippen LogP contribution in [0.4, 0.5) is 0 Å². The quantitative estimate of drug-likeness (QED) is 0.741. The van der Waals surface area contributed by atoms with Gasteiger partial charge in [-0.2, -0.15) is 0 Å². The van der Waals surface area contributed by atoms with Gasteiger partial charge in [0.2, 0.25) is 0 Å². The summed E-state index contributed by atoms with van der Waals surface area (Å²) in [5, 5.41) is 8.63. The van der Waals surface area contributed by atoms with Gasteiger partial charge >= 0.3 is 5.97 Å². The van der Waals surface area contributed by atoms with Gasteiger partial charge in [0.25, 0.3) is 0 Å². The Labute approximate surface area is 75.5 Å². The third kappa shape index (κ3) is 1.72. The molecule has 5 nitrogen and oxygen atoms in total. The molecule has 6 heteroatoms. The van der Waals surface area contributed by atoms with Gasteiger partial charge in [-0.05, 0) is 12.1 Å². The highest BCUT2D eigenvalue weighted by atomic mass is 32.2. The average Bonchev–Trinajstić information content (AvgIpc) is 2.28. The number of hydrogen-bond acceptors (Lipinski definition) is 3. The lowest BCUT2D eigenvalue weighted by Gasteiger charge is -2.01. The molecule has 1 heterocycles. The maximum Gasteiger partial charge on any atom is 0.352 e. The van der Waals surface area contributed by atoms with Gasteiger partial charge in [0.15, 0.2) is 9.84 Å². The van der Waals surface area contributed by atoms with E-state index in [1.807, 2.05) is 0 Å². The zero-order valence-corrected chi connectivity index (χ0v) is 8.00. The van der Waals surface area contributed by atoms with Crippen molar-refractivity contribution >= 4 is 15.8 Å². The predicted octanol–water partition coefficient (Wildman–Crippen LogP) is 0.127. The largest absolute Gasteiger partial charge is 0.477 e. The Hall–Kier alpha value is -1.30. The molecule has 0 aromatic carbocycles. The molecule has 0 radical (unpaired) electrons. The summed E-state index contributed by atoms with van der Waals surface area (Å²) < 4.78 is 23.3. The van der Waals surface area contributed by atoms with Crippen molar-refractivity contribution in [3.63, 3.8) is 0 Å². The van der Waals surface area contributed by atoms with E-state index in [-0.39, 0.29) is 10.7 Å². The molecule has 0 spiro atoms. The van der Waals surface area contributed by atoms with Gasteiger partial charge in [-0.25, -0.2) is 13.2 Å². The molecule has 0 aliphatic heterocycles. The second kappa shape index (κ2) is 2.88. The number of carboxylic acid groups (broad SMARTS) is 1. The molecular weight excluding hydrogens is 194 g/mol. The molecule has 0 fully saturated rings. The second-order valence-corrected chi connectivity index (χ2v) is 4.66. The molecule has 13 heavy (non-hydrogen) atoms. The van der Waals surface area contributed by atoms with Crippen LogP contribution in [0, 0.1) is 0 Å². The van der Waals surface area contributed by atoms with Crippen LogP contribution in [-0.2, 0) is 16.9 Å². The number of carboxylic acids is 1. The fourth-order valence-electron chi connectivity index (χ4n) is 1.08. The number of carbonyl (C=O) groups is 1. The highest BCUT2D eigenvalue weighted by Crippen LogP contribution is 2.12. The Balaban J connectivity index is 3.39. The van der Waals surface area contributed by atoms with Crippen LogP contribution >= 0.6 is 0 Å². The van der Waals surface area contributed by atoms with Crippen LogP contribution in [0.3, 0.4) is 0 Å². The molecule has 1 N–H and O–H groups in total. The van der Waals surface area contributed by atoms with Crippen molar-refractivity contribution in [2.45, 2.75) is 5.03 Å². The molecule has 0 atom stereocenters. The van der Waals surface area contributed by atoms with E-state index in [9.17, 15) is 13.2 Å². The minimum absolute atomic E-state index is 0.00454. The standard InChI is InChI=1S/C7H9NO4S/c1-8-5(7(9)10)3-4-6(8)13(2,11)12/h3-4H,1-2H3,(H,9,10). The Kier molecular flexibility index (Phi) is 2.17. The molecule has 0 bridgehead atoms. The van der Waals surface area contributed by atoms with E-state index in [1.54, 1.807) is 0 Å². The zero-order chi connectivity index (χ0) is 10.2. The van der Waals surface area contributed by atoms with Crippen LogP contribution in [0.5, 0.6) is 0 Å². The maximum absolute atomic E-state index is 11.1. The smallest absolute Gasteiger partial charge is 0.352 e. The number of aromatic nitrogens is 1. The summed E-state index contributed by atoms with van der Waals surface area (Å²) in [5.41, 5.74) is -0.0413. The number of hydrogen-bond donors (Lipinski definition) is 1. The lowest BCUT2D eigenvalue weighted by Crippen LogP contribution is -2.09. The molecule has 1 rings (SSSR count). The normalized spacial score (nSPS) is 11.5. The Morgan fingerprint density at radius 3 is 2.23 bits per heavy atom. The van der Waals surface area contributed by atoms with Gasteiger partial charge in [-0.1, -0.05) is 0 Å². The van der Waals surface area contributed by atoms with E-state index in [2.05, 4.69) is 0 Å². The van der Waals surface area contributed by atoms with Crippen LogP contribution in [0.1, 0.15) is 10.5 Å². The Morgan fingerprint density at radius 1 is 1.46 bits per heavy atom. The van der Waals surface area contributed by atoms with Crippen LogP contribution < -0.4 is 0 Å². The van der Waals surface area contributed by atoms with Gasteiger partial charge in [-0.3, -0.25) is 0 Å². The van der Waals surface area contributed by atoms with Gasteiger partial charge in [0.1, 0.15) is 10.7 Å². The lowest BCUT2D eigenvalue weighted by molar-refractivity contribution is 0.0685. The predicted molar refractivity (Wildman–Crippen MR) is 45.5 cm³/mol. The van der Waals surface area contributed by atoms with E-state index < -0.39 is 15.8 Å². The second-order valence-electron chi connectivity index (χ2n) is 2.69. The average molecular weight is 203 g/mol. The molecule has 0 unspecified atom stereocenters. The summed E-state index contributed by atoms with van der Waals surface area (Å²) in [6.45, 7) is 0. The van der Waals surface area contributed by atoms with Crippen molar-refractivity contribution in [2.75, 3.05) is 6.26 Å². The third-order valence-electron chi connectivity index (χ3n) is 1.67. The number of sulfone groups is 1. The fourth-order valence-corrected chi connectivity index (χ4v) is 1.99. The molecule has 0 saturated carbocycles. The first kappa shape index (κ1) is 9.79. The third-order valence-corrected chi connectivity index (χ3v) is 2.84. The van der Waals surface area contributed by atoms with Gasteiger partial charge < -0.3 is 9.67 Å². The lowest BCUT2D eigenvalue weighted by atomic mass is 10.4. The van der Waals surface area contributed by atoms with Gasteiger partial charge in [-0.15, -0.1) is 0 Å². The number of aromatic carboxylic acids is 1. The highest BCUT2D eigenvalue weighted by molar-refractivity contribution is 7.90. The van der Waals surface area contributed by atoms with Crippen molar-refractivity contribution in [3.8, 4) is 0 Å². The molecule has 0 saturated heterocycles. The van der Waals surface area contributed by atoms with Crippen molar-refractivity contribution in [1.82, 2.24) is 4.57 Å². The molecule has 0 amide bonds. The fraction of sp³-hybridized carbons (Fsp3) is 0.286. The zero-order valence-electron chi connectivity index (χ0n) is 7.18. The van der Waals surface area contributed by atoms with Crippen molar-refractivity contribution in [3.05, 3.63) is 17.8 Å². The van der Waals surface area contributed by atoms with Crippen molar-refractivity contribution < 1.29 is 18.3 Å². The summed E-state index contributed by atoms with van der Waals surface area (Å²) in [5.74, 6) is -1.14. The van der Waals surface area contributed by atoms with Crippen LogP contribution in [0.25, 0.3) is 0 Å². The molecule has 1 aromatic heterocycles. The first-order valence-electron chi connectivity index (χ1n) is 3.43. The van der Waals surface area contributed by atoms with Gasteiger partial charge in [0, 0.05) is 13.3 Å². The Morgan fingerprint density at radius 2 is 2.00 bits per heavy atom. The summed E-state index contributed by atoms with van der Waals surface area (Å²) in [7, 11) is -1.94. The monoisotopic (exact) mass is 203 g/mol. The first-order chi connectivity index (χ1) is 5.84. The molecular formula is C7H9NO4S. The SMILES string of the molecule is Cn1c(C(=O)O)ccc1S(C)(=O)=O. The van der Waals surface area contributed by atoms with E-state index in [1.165, 1.54) is 19.2 Å². The minimum atomic E-state index is -3.35. The molecule has 1 aromatic rings. The first-order valence-corrected chi connectivity index (χ1v) is 5.32. The Bertz CT molecular complexity index is 443. The summed E-state index contributed by atoms with van der Waals surface area (Å²) in [4.78, 5) is 10.5. The van der Waals surface area contributed by atoms with E-state index in [0.717, 1.165) is 10.8 Å². The summed E-state index contributed by atoms with van der Waals surface area (Å²) >= 11 is 0. The topological polar surface area (TPSA) is 76.4 Å². The molecule has 72 valence electrons. The molecule has 0 aliphatic rings. The summed E-state index contributed by atoms with van der Waals surface area (Å²) in [6.07, 6.45) is 1.04. The van der Waals surface area contributed by atoms with E-state index >= 15 is 0 Å². The van der Waals surface area contributed by atoms with Crippen LogP contribution in [0.2, 0.25) is 0 Å². The number of rotatable bonds is 2. The summed E-state index contributed by atoms with van der Waals surface area (Å²) in [6, 6.07) is 2.54. The van der Waals surface area contributed by atoms with Crippen molar-refractivity contribution in [1.29, 1.82) is 0 Å². The number of nitrogens with zero attached hydrogens (tertiary/aromatic N) is 1. The van der Waals surface area contributed by atoms with E-state index in [0.29, 0.717) is 0 Å². The molecule has 0 aliphatic carbocycles. The highest BCUT2D eigenvalue weighted by Gasteiger charge is 2.17. The van der Waals surface area contributed by atoms with Gasteiger partial charge in [0.05, 0.1) is 0 Å². The van der Waals surface area contributed by atoms with Crippen molar-refractivity contribution in [2.24, 2.45) is 7.05 Å². The van der Waals surface area contributed by atoms with E-state index in [4.69, 9.17) is 5.11 Å². The minimum Gasteiger partial charge on any atom is -0.477 e.